The first-order valence-corrected chi connectivity index (χ1v) is 19.2. The fourth-order valence-corrected chi connectivity index (χ4v) is 9.66. The summed E-state index contributed by atoms with van der Waals surface area (Å²) in [6, 6.07) is 60.8. The molecule has 0 bridgehead atoms. The highest BCUT2D eigenvalue weighted by Crippen LogP contribution is 2.47. The summed E-state index contributed by atoms with van der Waals surface area (Å²) < 4.78 is 5.17. The van der Waals surface area contributed by atoms with Gasteiger partial charge in [0, 0.05) is 47.7 Å². The molecule has 1 atom stereocenters. The Balaban J connectivity index is 1.28. The minimum absolute atomic E-state index is 0.148. The third-order valence-electron chi connectivity index (χ3n) is 11.0. The van der Waals surface area contributed by atoms with E-state index >= 15 is 0 Å². The molecule has 11 rings (SSSR count). The van der Waals surface area contributed by atoms with Crippen molar-refractivity contribution in [2.75, 3.05) is 4.90 Å². The van der Waals surface area contributed by atoms with Gasteiger partial charge in [-0.15, -0.1) is 11.3 Å². The van der Waals surface area contributed by atoms with E-state index < -0.39 is 0 Å². The molecule has 0 radical (unpaired) electrons. The summed E-state index contributed by atoms with van der Waals surface area (Å²) in [7, 11) is 0. The first-order valence-electron chi connectivity index (χ1n) is 18.4. The summed E-state index contributed by atoms with van der Waals surface area (Å²) in [5, 5.41) is 10.1. The highest BCUT2D eigenvalue weighted by atomic mass is 32.1. The molecule has 8 aromatic carbocycles. The van der Waals surface area contributed by atoms with Gasteiger partial charge in [0.15, 0.2) is 0 Å². The van der Waals surface area contributed by atoms with Gasteiger partial charge in [0.2, 0.25) is 0 Å². The van der Waals surface area contributed by atoms with Crippen molar-refractivity contribution in [2.24, 2.45) is 0 Å². The summed E-state index contributed by atoms with van der Waals surface area (Å²) in [6.45, 7) is 0. The fourth-order valence-electron chi connectivity index (χ4n) is 8.58. The summed E-state index contributed by atoms with van der Waals surface area (Å²) >= 11 is 1.87. The van der Waals surface area contributed by atoms with Crippen LogP contribution in [0.1, 0.15) is 6.42 Å². The SMILES string of the molecule is C1=CCC(N(c2ccc3sc4ccccc4c3c2)c2cc3ccccc3c3c2c2ccc(-c4ccccc4)cc2n3-c2ccc3ccccc3c2)C=C1. The molecule has 0 N–H and O–H groups in total. The molecular weight excluding hydrogens is 661 g/mol. The molecule has 3 heteroatoms. The average molecular weight is 695 g/mol. The Hall–Kier alpha value is -6.42. The normalized spacial score (nSPS) is 14.4. The van der Waals surface area contributed by atoms with Crippen molar-refractivity contribution in [3.63, 3.8) is 0 Å². The van der Waals surface area contributed by atoms with E-state index in [1.54, 1.807) is 0 Å². The summed E-state index contributed by atoms with van der Waals surface area (Å²) in [5.41, 5.74) is 8.44. The second-order valence-electron chi connectivity index (χ2n) is 14.1. The Morgan fingerprint density at radius 3 is 2.17 bits per heavy atom. The van der Waals surface area contributed by atoms with Gasteiger partial charge >= 0.3 is 0 Å². The quantitative estimate of drug-likeness (QED) is 0.174. The first-order chi connectivity index (χ1) is 26.3. The number of rotatable bonds is 5. The molecule has 1 unspecified atom stereocenters. The highest BCUT2D eigenvalue weighted by molar-refractivity contribution is 7.25. The van der Waals surface area contributed by atoms with E-state index in [4.69, 9.17) is 0 Å². The lowest BCUT2D eigenvalue weighted by Crippen LogP contribution is -2.30. The van der Waals surface area contributed by atoms with Crippen molar-refractivity contribution >= 4 is 86.2 Å². The summed E-state index contributed by atoms with van der Waals surface area (Å²) in [5.74, 6) is 0. The van der Waals surface area contributed by atoms with Crippen LogP contribution in [0.25, 0.3) is 80.3 Å². The number of hydrogen-bond donors (Lipinski definition) is 0. The first kappa shape index (κ1) is 30.2. The number of hydrogen-bond acceptors (Lipinski definition) is 2. The van der Waals surface area contributed by atoms with Gasteiger partial charge in [-0.2, -0.15) is 0 Å². The van der Waals surface area contributed by atoms with Crippen molar-refractivity contribution < 1.29 is 0 Å². The third kappa shape index (κ3) is 4.85. The maximum atomic E-state index is 2.61. The highest BCUT2D eigenvalue weighted by Gasteiger charge is 2.27. The van der Waals surface area contributed by atoms with E-state index in [1.165, 1.54) is 86.0 Å². The summed E-state index contributed by atoms with van der Waals surface area (Å²) in [4.78, 5) is 2.61. The fraction of sp³-hybridized carbons (Fsp3) is 0.0400. The Kier molecular flexibility index (Phi) is 6.89. The number of benzene rings is 8. The average Bonchev–Trinajstić information content (AvgIpc) is 3.77. The molecule has 250 valence electrons. The number of allylic oxidation sites excluding steroid dienone is 2. The van der Waals surface area contributed by atoms with E-state index in [0.717, 1.165) is 12.1 Å². The molecule has 2 heterocycles. The number of nitrogens with zero attached hydrogens (tertiary/aromatic N) is 2. The second-order valence-corrected chi connectivity index (χ2v) is 15.2. The van der Waals surface area contributed by atoms with Crippen LogP contribution in [0.4, 0.5) is 11.4 Å². The van der Waals surface area contributed by atoms with Gasteiger partial charge < -0.3 is 9.47 Å². The summed E-state index contributed by atoms with van der Waals surface area (Å²) in [6.07, 6.45) is 9.99. The van der Waals surface area contributed by atoms with Crippen LogP contribution in [0.3, 0.4) is 0 Å². The molecular formula is C50H34N2S. The molecule has 10 aromatic rings. The van der Waals surface area contributed by atoms with Crippen LogP contribution in [0, 0.1) is 0 Å². The monoisotopic (exact) mass is 694 g/mol. The van der Waals surface area contributed by atoms with E-state index in [1.807, 2.05) is 11.3 Å². The van der Waals surface area contributed by atoms with Crippen LogP contribution < -0.4 is 4.90 Å². The lowest BCUT2D eigenvalue weighted by molar-refractivity contribution is 0.788. The zero-order chi connectivity index (χ0) is 34.9. The van der Waals surface area contributed by atoms with Crippen LogP contribution in [0.2, 0.25) is 0 Å². The Labute approximate surface area is 311 Å². The van der Waals surface area contributed by atoms with Crippen molar-refractivity contribution in [1.82, 2.24) is 4.57 Å². The van der Waals surface area contributed by atoms with Crippen LogP contribution in [-0.4, -0.2) is 10.6 Å². The molecule has 53 heavy (non-hydrogen) atoms. The van der Waals surface area contributed by atoms with E-state index in [2.05, 4.69) is 198 Å². The smallest absolute Gasteiger partial charge is 0.0640 e. The Morgan fingerprint density at radius 2 is 1.30 bits per heavy atom. The van der Waals surface area contributed by atoms with E-state index in [-0.39, 0.29) is 6.04 Å². The minimum atomic E-state index is 0.148. The maximum absolute atomic E-state index is 2.61. The topological polar surface area (TPSA) is 8.17 Å². The minimum Gasteiger partial charge on any atom is -0.334 e. The van der Waals surface area contributed by atoms with E-state index in [9.17, 15) is 0 Å². The molecule has 0 spiro atoms. The van der Waals surface area contributed by atoms with Gasteiger partial charge in [0.25, 0.3) is 0 Å². The van der Waals surface area contributed by atoms with Gasteiger partial charge in [-0.05, 0) is 82.2 Å². The second kappa shape index (κ2) is 12.1. The number of thiophene rings is 1. The number of aromatic nitrogens is 1. The van der Waals surface area contributed by atoms with Gasteiger partial charge in [-0.1, -0.05) is 140 Å². The molecule has 1 aliphatic rings. The lowest BCUT2D eigenvalue weighted by Gasteiger charge is -2.34. The Bertz CT molecular complexity index is 3110. The van der Waals surface area contributed by atoms with Gasteiger partial charge in [-0.3, -0.25) is 0 Å². The molecule has 0 saturated carbocycles. The molecule has 1 aliphatic carbocycles. The van der Waals surface area contributed by atoms with Crippen LogP contribution in [0.15, 0.2) is 188 Å². The third-order valence-corrected chi connectivity index (χ3v) is 12.2. The predicted molar refractivity (Wildman–Crippen MR) is 229 cm³/mol. The maximum Gasteiger partial charge on any atom is 0.0640 e. The van der Waals surface area contributed by atoms with Crippen molar-refractivity contribution in [2.45, 2.75) is 12.5 Å². The van der Waals surface area contributed by atoms with Gasteiger partial charge in [-0.25, -0.2) is 0 Å². The Morgan fingerprint density at radius 1 is 0.528 bits per heavy atom. The standard InChI is InChI=1S/C50H34N2S/c1-3-13-33(14-4-1)36-24-27-43-45(30-36)52(39-25-23-34-15-7-8-16-35(34)29-39)50-41-20-10-9-17-37(41)31-46(49(43)50)51(38-18-5-2-6-19-38)40-26-28-48-44(32-40)42-21-11-12-22-47(42)53-48/h1-18,20-32,38H,19H2. The van der Waals surface area contributed by atoms with Gasteiger partial charge in [0.1, 0.15) is 0 Å². The molecule has 0 saturated heterocycles. The lowest BCUT2D eigenvalue weighted by atomic mass is 9.98. The number of fused-ring (bicyclic) bond motifs is 9. The molecule has 0 fully saturated rings. The molecule has 0 aliphatic heterocycles. The largest absolute Gasteiger partial charge is 0.334 e. The van der Waals surface area contributed by atoms with Crippen molar-refractivity contribution in [3.8, 4) is 16.8 Å². The van der Waals surface area contributed by atoms with Crippen LogP contribution in [0.5, 0.6) is 0 Å². The van der Waals surface area contributed by atoms with E-state index in [0.29, 0.717) is 0 Å². The van der Waals surface area contributed by atoms with Crippen molar-refractivity contribution in [3.05, 3.63) is 188 Å². The predicted octanol–water partition coefficient (Wildman–Crippen LogP) is 14.1. The zero-order valence-corrected chi connectivity index (χ0v) is 29.8. The molecule has 0 amide bonds. The molecule has 2 aromatic heterocycles. The van der Waals surface area contributed by atoms with Crippen LogP contribution in [-0.2, 0) is 0 Å². The van der Waals surface area contributed by atoms with Gasteiger partial charge in [0.05, 0.1) is 22.8 Å². The number of anilines is 2. The van der Waals surface area contributed by atoms with Crippen molar-refractivity contribution in [1.29, 1.82) is 0 Å². The zero-order valence-electron chi connectivity index (χ0n) is 29.0. The van der Waals surface area contributed by atoms with Crippen LogP contribution >= 0.6 is 11.3 Å². The molecule has 2 nitrogen and oxygen atoms in total.